The fraction of sp³-hybridized carbons (Fsp3) is 0.160. The number of aliphatic hydroxyl groups excluding tert-OH is 1. The van der Waals surface area contributed by atoms with E-state index in [-0.39, 0.29) is 12.5 Å². The molecule has 4 rings (SSSR count). The number of amides is 1. The van der Waals surface area contributed by atoms with E-state index in [0.29, 0.717) is 89.6 Å². The van der Waals surface area contributed by atoms with Crippen LogP contribution in [0.1, 0.15) is 10.4 Å². The zero-order valence-electron chi connectivity index (χ0n) is 19.0. The summed E-state index contributed by atoms with van der Waals surface area (Å²) in [6, 6.07) is 20.0. The van der Waals surface area contributed by atoms with Crippen molar-refractivity contribution in [3.8, 4) is 11.5 Å². The van der Waals surface area contributed by atoms with E-state index in [9.17, 15) is 9.90 Å². The molecule has 0 spiro atoms. The number of ether oxygens (including phenoxy) is 2. The van der Waals surface area contributed by atoms with Gasteiger partial charge in [0.25, 0.3) is 5.91 Å². The summed E-state index contributed by atoms with van der Waals surface area (Å²) in [5, 5.41) is 16.8. The number of hydrogen-bond acceptors (Lipinski definition) is 7. The molecule has 1 heterocycles. The number of carbonyl (C=O) groups excluding carboxylic acids is 1. The SMILES string of the molecule is COc1cc2c(Nc3ccc(NC(=O)c4ccccc4)cc3)ncnc2cc1OCC(O)[CH2][Rb]. The molecular weight excluding hydrogens is 506 g/mol. The van der Waals surface area contributed by atoms with E-state index in [1.165, 1.54) is 6.33 Å². The molecule has 1 aromatic heterocycles. The van der Waals surface area contributed by atoms with E-state index in [1.807, 2.05) is 48.5 Å². The van der Waals surface area contributed by atoms with Crippen molar-refractivity contribution in [1.29, 1.82) is 0 Å². The average molecular weight is 529 g/mol. The first-order chi connectivity index (χ1) is 16.6. The van der Waals surface area contributed by atoms with E-state index < -0.39 is 6.10 Å². The Labute approximate surface area is 236 Å². The van der Waals surface area contributed by atoms with Crippen LogP contribution < -0.4 is 20.1 Å². The van der Waals surface area contributed by atoms with Gasteiger partial charge < -0.3 is 5.32 Å². The third-order valence-electron chi connectivity index (χ3n) is 5.26. The van der Waals surface area contributed by atoms with Gasteiger partial charge in [-0.1, -0.05) is 18.2 Å². The second-order valence-electron chi connectivity index (χ2n) is 7.64. The molecule has 0 saturated heterocycles. The van der Waals surface area contributed by atoms with Crippen molar-refractivity contribution in [1.82, 2.24) is 9.97 Å². The van der Waals surface area contributed by atoms with Gasteiger partial charge in [0.15, 0.2) is 0 Å². The Hall–Kier alpha value is -2.36. The van der Waals surface area contributed by atoms with Crippen LogP contribution in [0.4, 0.5) is 17.2 Å². The minimum absolute atomic E-state index is 0.164. The molecule has 4 aromatic rings. The van der Waals surface area contributed by atoms with Gasteiger partial charge in [0.1, 0.15) is 0 Å². The van der Waals surface area contributed by atoms with Crippen LogP contribution in [0.15, 0.2) is 73.1 Å². The first-order valence-electron chi connectivity index (χ1n) is 10.9. The summed E-state index contributed by atoms with van der Waals surface area (Å²) in [6.45, 7) is 0.221. The maximum atomic E-state index is 12.3. The molecule has 8 nitrogen and oxygen atoms in total. The van der Waals surface area contributed by atoms with Crippen molar-refractivity contribution in [2.24, 2.45) is 0 Å². The average Bonchev–Trinajstić information content (AvgIpc) is 2.88. The molecular formula is C25H23N4O4Rb. The monoisotopic (exact) mass is 528 g/mol. The molecule has 0 radical (unpaired) electrons. The van der Waals surface area contributed by atoms with Gasteiger partial charge in [0.2, 0.25) is 0 Å². The molecule has 0 fully saturated rings. The molecule has 3 N–H and O–H groups in total. The Balaban J connectivity index is 1.52. The molecule has 9 heteroatoms. The van der Waals surface area contributed by atoms with E-state index in [0.717, 1.165) is 10.6 Å². The fourth-order valence-corrected chi connectivity index (χ4v) is 3.89. The van der Waals surface area contributed by atoms with Crippen LogP contribution in [0.25, 0.3) is 10.9 Å². The van der Waals surface area contributed by atoms with Crippen LogP contribution >= 0.6 is 0 Å². The molecule has 1 atom stereocenters. The van der Waals surface area contributed by atoms with Crippen LogP contribution in [0, 0.1) is 0 Å². The summed E-state index contributed by atoms with van der Waals surface area (Å²) in [5.41, 5.74) is 2.77. The second kappa shape index (κ2) is 11.9. The molecule has 3 aromatic carbocycles. The number of hydrogen-bond donors (Lipinski definition) is 3. The van der Waals surface area contributed by atoms with Crippen LogP contribution in [0.2, 0.25) is -0.511 Å². The molecule has 34 heavy (non-hydrogen) atoms. The van der Waals surface area contributed by atoms with Crippen LogP contribution in [-0.2, 0) is 0 Å². The Morgan fingerprint density at radius 2 is 1.76 bits per heavy atom. The number of methoxy groups -OCH3 is 1. The summed E-state index contributed by atoms with van der Waals surface area (Å²) in [7, 11) is 1.57. The number of aromatic nitrogens is 2. The van der Waals surface area contributed by atoms with Gasteiger partial charge in [-0.05, 0) is 24.3 Å². The predicted molar refractivity (Wildman–Crippen MR) is 132 cm³/mol. The van der Waals surface area contributed by atoms with E-state index >= 15 is 0 Å². The van der Waals surface area contributed by atoms with Crippen molar-refractivity contribution < 1.29 is 19.4 Å². The van der Waals surface area contributed by atoms with Crippen molar-refractivity contribution in [2.45, 2.75) is 5.59 Å². The Morgan fingerprint density at radius 1 is 1.03 bits per heavy atom. The Morgan fingerprint density at radius 3 is 2.47 bits per heavy atom. The van der Waals surface area contributed by atoms with Crippen molar-refractivity contribution >= 4 is 89.5 Å². The van der Waals surface area contributed by atoms with Gasteiger partial charge in [-0.3, -0.25) is 4.79 Å². The first kappa shape index (κ1) is 24.8. The topological polar surface area (TPSA) is 106 Å². The summed E-state index contributed by atoms with van der Waals surface area (Å²) in [6.07, 6.45) is 1.02. The molecule has 0 aliphatic rings. The number of nitrogens with one attached hydrogen (secondary N) is 2. The standard InChI is InChI=1S/C25H23N4O4.Rb/c1-16(30)14-33-23-13-21-20(12-22(23)32-2)24(27-15-26-21)28-18-8-10-19(11-9-18)29-25(31)17-6-4-3-5-7-17;/h3-13,15-16,30H,1,14H2,2H3,(H,29,31)(H,26,27,28);. The fourth-order valence-electron chi connectivity index (χ4n) is 3.31. The summed E-state index contributed by atoms with van der Waals surface area (Å²) < 4.78 is 12.1. The van der Waals surface area contributed by atoms with Gasteiger partial charge in [-0.25, -0.2) is 0 Å². The van der Waals surface area contributed by atoms with Crippen LogP contribution in [0.3, 0.4) is 0 Å². The molecule has 0 saturated carbocycles. The van der Waals surface area contributed by atoms with Crippen LogP contribution in [0.5, 0.6) is 11.5 Å². The molecule has 1 unspecified atom stereocenters. The number of benzene rings is 3. The van der Waals surface area contributed by atoms with Gasteiger partial charge >= 0.3 is 169 Å². The number of carbonyl (C=O) groups is 1. The Bertz CT molecular complexity index is 1270. The summed E-state index contributed by atoms with van der Waals surface area (Å²) in [4.78, 5) is 21.1. The number of aliphatic hydroxyl groups is 1. The predicted octanol–water partition coefficient (Wildman–Crippen LogP) is 3.96. The number of rotatable bonds is 9. The zero-order chi connectivity index (χ0) is 23.9. The number of nitrogens with zero attached hydrogens (tertiary/aromatic N) is 2. The third-order valence-corrected chi connectivity index (χ3v) is 7.58. The third kappa shape index (κ3) is 6.19. The molecule has 0 aliphatic heterocycles. The van der Waals surface area contributed by atoms with Gasteiger partial charge in [0, 0.05) is 11.3 Å². The first-order valence-corrected chi connectivity index (χ1v) is 14.4. The summed E-state index contributed by atoms with van der Waals surface area (Å²) >= 11 is 0.399. The normalized spacial score (nSPS) is 11.6. The number of fused-ring (bicyclic) bond motifs is 1. The zero-order valence-corrected chi connectivity index (χ0v) is 23.9. The second-order valence-corrected chi connectivity index (χ2v) is 9.65. The summed E-state index contributed by atoms with van der Waals surface area (Å²) in [5.74, 6) is 1.51. The molecule has 168 valence electrons. The maximum absolute atomic E-state index is 12.3. The number of anilines is 3. The quantitative estimate of drug-likeness (QED) is 0.302. The van der Waals surface area contributed by atoms with Crippen molar-refractivity contribution in [3.05, 3.63) is 78.6 Å². The van der Waals surface area contributed by atoms with Crippen LogP contribution in [-0.4, -0.2) is 96.3 Å². The molecule has 0 aliphatic carbocycles. The van der Waals surface area contributed by atoms with Crippen molar-refractivity contribution in [3.63, 3.8) is 0 Å². The van der Waals surface area contributed by atoms with Gasteiger partial charge in [-0.2, -0.15) is 0 Å². The van der Waals surface area contributed by atoms with Gasteiger partial charge in [-0.15, -0.1) is 0 Å². The van der Waals surface area contributed by atoms with E-state index in [4.69, 9.17) is 9.47 Å². The van der Waals surface area contributed by atoms with Crippen molar-refractivity contribution in [2.75, 3.05) is 24.4 Å². The molecule has 0 bridgehead atoms. The van der Waals surface area contributed by atoms with E-state index in [1.54, 1.807) is 25.3 Å². The minimum atomic E-state index is -0.459. The van der Waals surface area contributed by atoms with Gasteiger partial charge in [0.05, 0.1) is 0 Å². The molecule has 1 amide bonds. The Kier molecular flexibility index (Phi) is 8.63. The van der Waals surface area contributed by atoms with E-state index in [2.05, 4.69) is 20.6 Å².